The summed E-state index contributed by atoms with van der Waals surface area (Å²) in [6, 6.07) is 7.65. The number of halogens is 1. The number of aliphatic imine (C=N–C) groups is 1. The van der Waals surface area contributed by atoms with E-state index in [1.807, 2.05) is 24.3 Å². The molecule has 0 aliphatic heterocycles. The molecule has 1 atom stereocenters. The maximum Gasteiger partial charge on any atom is 0.259 e. The number of methoxy groups -OCH3 is 1. The Hall–Kier alpha value is -1.55. The second-order valence-corrected chi connectivity index (χ2v) is 7.62. The molecule has 0 aliphatic rings. The van der Waals surface area contributed by atoms with Crippen molar-refractivity contribution >= 4 is 35.8 Å². The lowest BCUT2D eigenvalue weighted by Crippen LogP contribution is -2.45. The van der Waals surface area contributed by atoms with Gasteiger partial charge in [0, 0.05) is 41.3 Å². The maximum atomic E-state index is 11.6. The molecule has 0 bridgehead atoms. The lowest BCUT2D eigenvalue weighted by molar-refractivity contribution is -0.130. The third-order valence-corrected chi connectivity index (χ3v) is 4.15. The van der Waals surface area contributed by atoms with Crippen LogP contribution in [0.2, 0.25) is 0 Å². The number of carbonyl (C=O) groups is 1. The summed E-state index contributed by atoms with van der Waals surface area (Å²) in [7, 11) is 6.87. The van der Waals surface area contributed by atoms with E-state index >= 15 is 0 Å². The lowest BCUT2D eigenvalue weighted by Gasteiger charge is -2.30. The minimum absolute atomic E-state index is 0. The highest BCUT2D eigenvalue weighted by atomic mass is 127. The Kier molecular flexibility index (Phi) is 12.1. The predicted molar refractivity (Wildman–Crippen MR) is 124 cm³/mol. The van der Waals surface area contributed by atoms with Crippen molar-refractivity contribution in [2.24, 2.45) is 10.4 Å². The van der Waals surface area contributed by atoms with E-state index in [9.17, 15) is 4.79 Å². The Bertz CT molecular complexity index is 630. The van der Waals surface area contributed by atoms with Crippen molar-refractivity contribution in [1.82, 2.24) is 15.5 Å². The van der Waals surface area contributed by atoms with E-state index in [1.54, 1.807) is 28.3 Å². The maximum absolute atomic E-state index is 11.6. The zero-order valence-corrected chi connectivity index (χ0v) is 20.4. The standard InChI is InChI=1S/C20H34N4O3.HI/c1-20(2,3)17(26-7)13-23-19(21-4)22-12-15-9-8-10-16(11-15)27-14-18(25)24(5)6;/h8-11,17H,12-14H2,1-7H3,(H2,21,22,23);1H. The van der Waals surface area contributed by atoms with E-state index in [0.717, 1.165) is 5.56 Å². The van der Waals surface area contributed by atoms with Gasteiger partial charge in [-0.15, -0.1) is 24.0 Å². The van der Waals surface area contributed by atoms with Crippen molar-refractivity contribution < 1.29 is 14.3 Å². The molecule has 0 heterocycles. The second-order valence-electron chi connectivity index (χ2n) is 7.62. The number of likely N-dealkylation sites (N-methyl/N-ethyl adjacent to an activating group) is 1. The SMILES string of the molecule is CN=C(NCc1cccc(OCC(=O)N(C)C)c1)NCC(OC)C(C)(C)C.I. The van der Waals surface area contributed by atoms with Gasteiger partial charge < -0.3 is 25.0 Å². The molecule has 0 fully saturated rings. The lowest BCUT2D eigenvalue weighted by atomic mass is 9.89. The Labute approximate surface area is 186 Å². The third kappa shape index (κ3) is 9.59. The van der Waals surface area contributed by atoms with Crippen molar-refractivity contribution in [2.45, 2.75) is 33.4 Å². The molecule has 1 aromatic rings. The summed E-state index contributed by atoms with van der Waals surface area (Å²) in [4.78, 5) is 17.4. The van der Waals surface area contributed by atoms with Gasteiger partial charge >= 0.3 is 0 Å². The number of nitrogens with one attached hydrogen (secondary N) is 2. The van der Waals surface area contributed by atoms with Crippen LogP contribution in [0.3, 0.4) is 0 Å². The zero-order chi connectivity index (χ0) is 20.4. The van der Waals surface area contributed by atoms with Gasteiger partial charge in [0.05, 0.1) is 6.10 Å². The van der Waals surface area contributed by atoms with Crippen LogP contribution in [0.5, 0.6) is 5.75 Å². The molecule has 0 aliphatic carbocycles. The molecule has 1 amide bonds. The molecule has 7 nitrogen and oxygen atoms in total. The van der Waals surface area contributed by atoms with Gasteiger partial charge in [-0.25, -0.2) is 0 Å². The van der Waals surface area contributed by atoms with Crippen LogP contribution in [0.4, 0.5) is 0 Å². The first-order valence-electron chi connectivity index (χ1n) is 9.06. The van der Waals surface area contributed by atoms with Gasteiger partial charge in [-0.3, -0.25) is 9.79 Å². The van der Waals surface area contributed by atoms with Gasteiger partial charge in [0.25, 0.3) is 5.91 Å². The quantitative estimate of drug-likeness (QED) is 0.322. The van der Waals surface area contributed by atoms with Crippen LogP contribution in [0.25, 0.3) is 0 Å². The number of guanidine groups is 1. The molecular weight excluding hydrogens is 471 g/mol. The molecule has 160 valence electrons. The number of amides is 1. The average molecular weight is 506 g/mol. The van der Waals surface area contributed by atoms with Crippen molar-refractivity contribution in [2.75, 3.05) is 41.4 Å². The molecule has 8 heteroatoms. The van der Waals surface area contributed by atoms with Crippen LogP contribution in [0, 0.1) is 5.41 Å². The normalized spacial score (nSPS) is 12.6. The number of ether oxygens (including phenoxy) is 2. The molecule has 0 saturated heterocycles. The molecule has 0 radical (unpaired) electrons. The fourth-order valence-corrected chi connectivity index (χ4v) is 2.36. The molecule has 28 heavy (non-hydrogen) atoms. The van der Waals surface area contributed by atoms with E-state index in [1.165, 1.54) is 4.90 Å². The van der Waals surface area contributed by atoms with Gasteiger partial charge in [-0.1, -0.05) is 32.9 Å². The topological polar surface area (TPSA) is 75.2 Å². The Morgan fingerprint density at radius 1 is 1.25 bits per heavy atom. The summed E-state index contributed by atoms with van der Waals surface area (Å²) in [5.74, 6) is 1.30. The first-order chi connectivity index (χ1) is 12.7. The summed E-state index contributed by atoms with van der Waals surface area (Å²) in [6.45, 7) is 7.71. The van der Waals surface area contributed by atoms with Crippen molar-refractivity contribution in [3.05, 3.63) is 29.8 Å². The Morgan fingerprint density at radius 3 is 2.46 bits per heavy atom. The first kappa shape index (κ1) is 26.4. The number of hydrogen-bond acceptors (Lipinski definition) is 4. The largest absolute Gasteiger partial charge is 0.484 e. The fraction of sp³-hybridized carbons (Fsp3) is 0.600. The van der Waals surface area contributed by atoms with Gasteiger partial charge in [0.15, 0.2) is 12.6 Å². The van der Waals surface area contributed by atoms with Crippen molar-refractivity contribution in [1.29, 1.82) is 0 Å². The van der Waals surface area contributed by atoms with Crippen LogP contribution < -0.4 is 15.4 Å². The van der Waals surface area contributed by atoms with Crippen LogP contribution in [-0.2, 0) is 16.1 Å². The number of rotatable bonds is 8. The van der Waals surface area contributed by atoms with Crippen LogP contribution in [0.15, 0.2) is 29.3 Å². The molecule has 0 spiro atoms. The highest BCUT2D eigenvalue weighted by molar-refractivity contribution is 14.0. The zero-order valence-electron chi connectivity index (χ0n) is 18.0. The van der Waals surface area contributed by atoms with Crippen LogP contribution in [0.1, 0.15) is 26.3 Å². The number of hydrogen-bond donors (Lipinski definition) is 2. The molecule has 1 rings (SSSR count). The molecule has 1 aromatic carbocycles. The summed E-state index contributed by atoms with van der Waals surface area (Å²) >= 11 is 0. The summed E-state index contributed by atoms with van der Waals surface area (Å²) < 4.78 is 11.1. The van der Waals surface area contributed by atoms with Crippen LogP contribution in [-0.4, -0.2) is 64.3 Å². The number of benzene rings is 1. The first-order valence-corrected chi connectivity index (χ1v) is 9.06. The van der Waals surface area contributed by atoms with Crippen molar-refractivity contribution in [3.8, 4) is 5.75 Å². The summed E-state index contributed by atoms with van der Waals surface area (Å²) in [5.41, 5.74) is 1.07. The molecule has 0 saturated carbocycles. The van der Waals surface area contributed by atoms with Gasteiger partial charge in [0.1, 0.15) is 5.75 Å². The third-order valence-electron chi connectivity index (χ3n) is 4.15. The van der Waals surface area contributed by atoms with E-state index in [-0.39, 0.29) is 48.0 Å². The fourth-order valence-electron chi connectivity index (χ4n) is 2.36. The minimum Gasteiger partial charge on any atom is -0.484 e. The Balaban J connectivity index is 0.00000729. The monoisotopic (exact) mass is 506 g/mol. The molecule has 1 unspecified atom stereocenters. The van der Waals surface area contributed by atoms with E-state index in [4.69, 9.17) is 9.47 Å². The summed E-state index contributed by atoms with van der Waals surface area (Å²) in [5, 5.41) is 6.58. The minimum atomic E-state index is -0.0744. The molecular formula is C20H35IN4O3. The van der Waals surface area contributed by atoms with E-state index in [2.05, 4.69) is 36.4 Å². The van der Waals surface area contributed by atoms with E-state index < -0.39 is 0 Å². The Morgan fingerprint density at radius 2 is 1.93 bits per heavy atom. The summed E-state index contributed by atoms with van der Waals surface area (Å²) in [6.07, 6.45) is 0.0713. The van der Waals surface area contributed by atoms with Gasteiger partial charge in [0.2, 0.25) is 0 Å². The highest BCUT2D eigenvalue weighted by Gasteiger charge is 2.24. The highest BCUT2D eigenvalue weighted by Crippen LogP contribution is 2.20. The number of carbonyl (C=O) groups excluding carboxylic acids is 1. The smallest absolute Gasteiger partial charge is 0.259 e. The van der Waals surface area contributed by atoms with Crippen LogP contribution >= 0.6 is 24.0 Å². The molecule has 2 N–H and O–H groups in total. The van der Waals surface area contributed by atoms with E-state index in [0.29, 0.717) is 24.8 Å². The molecule has 0 aromatic heterocycles. The second kappa shape index (κ2) is 12.8. The van der Waals surface area contributed by atoms with Gasteiger partial charge in [-0.2, -0.15) is 0 Å². The average Bonchev–Trinajstić information content (AvgIpc) is 2.61. The number of nitrogens with zero attached hydrogens (tertiary/aromatic N) is 2. The van der Waals surface area contributed by atoms with Crippen molar-refractivity contribution in [3.63, 3.8) is 0 Å². The predicted octanol–water partition coefficient (Wildman–Crippen LogP) is 2.50. The van der Waals surface area contributed by atoms with Gasteiger partial charge in [-0.05, 0) is 23.1 Å².